The number of aryl methyl sites for hydroxylation is 1. The van der Waals surface area contributed by atoms with Crippen LogP contribution in [0, 0.1) is 5.92 Å². The van der Waals surface area contributed by atoms with Crippen molar-refractivity contribution in [2.24, 2.45) is 18.0 Å². The number of carbonyl (C=O) groups excluding carboxylic acids is 1. The largest absolute Gasteiger partial charge is 0.354 e. The molecule has 1 aromatic rings. The molecular formula is C21H39IN6O. The van der Waals surface area contributed by atoms with Crippen molar-refractivity contribution in [1.29, 1.82) is 0 Å². The minimum atomic E-state index is 0. The van der Waals surface area contributed by atoms with Crippen molar-refractivity contribution in [2.45, 2.75) is 64.8 Å². The predicted octanol–water partition coefficient (Wildman–Crippen LogP) is 3.26. The van der Waals surface area contributed by atoms with E-state index < -0.39 is 0 Å². The normalized spacial score (nSPS) is 15.2. The van der Waals surface area contributed by atoms with Gasteiger partial charge >= 0.3 is 0 Å². The molecule has 1 aliphatic carbocycles. The summed E-state index contributed by atoms with van der Waals surface area (Å²) in [5, 5.41) is 10.9. The lowest BCUT2D eigenvalue weighted by Gasteiger charge is -2.23. The van der Waals surface area contributed by atoms with Gasteiger partial charge in [0.15, 0.2) is 5.96 Å². The molecular weight excluding hydrogens is 479 g/mol. The Bertz CT molecular complexity index is 652. The molecule has 29 heavy (non-hydrogen) atoms. The molecule has 1 heterocycles. The molecule has 0 aliphatic heterocycles. The van der Waals surface area contributed by atoms with Gasteiger partial charge in [-0.2, -0.15) is 5.10 Å². The summed E-state index contributed by atoms with van der Waals surface area (Å²) in [4.78, 5) is 18.6. The van der Waals surface area contributed by atoms with E-state index in [1.807, 2.05) is 18.8 Å². The highest BCUT2D eigenvalue weighted by atomic mass is 127. The van der Waals surface area contributed by atoms with Gasteiger partial charge in [0.05, 0.1) is 5.69 Å². The highest BCUT2D eigenvalue weighted by molar-refractivity contribution is 14.0. The van der Waals surface area contributed by atoms with Gasteiger partial charge in [0.1, 0.15) is 0 Å². The number of rotatable bonds is 8. The number of aliphatic imine (C=N–C) groups is 1. The zero-order chi connectivity index (χ0) is 20.5. The smallest absolute Gasteiger partial charge is 0.220 e. The second-order valence-electron chi connectivity index (χ2n) is 8.26. The average molecular weight is 518 g/mol. The number of nitrogens with one attached hydrogen (secondary N) is 2. The molecule has 0 aromatic carbocycles. The lowest BCUT2D eigenvalue weighted by molar-refractivity contribution is -0.122. The Kier molecular flexibility index (Phi) is 11.6. The predicted molar refractivity (Wildman–Crippen MR) is 130 cm³/mol. The van der Waals surface area contributed by atoms with Crippen LogP contribution >= 0.6 is 24.0 Å². The summed E-state index contributed by atoms with van der Waals surface area (Å²) >= 11 is 0. The van der Waals surface area contributed by atoms with Crippen LogP contribution in [0.15, 0.2) is 11.2 Å². The maximum Gasteiger partial charge on any atom is 0.220 e. The minimum Gasteiger partial charge on any atom is -0.354 e. The summed E-state index contributed by atoms with van der Waals surface area (Å²) in [6.45, 7) is 6.35. The number of amides is 1. The fourth-order valence-electron chi connectivity index (χ4n) is 3.98. The number of hydrogen-bond acceptors (Lipinski definition) is 3. The van der Waals surface area contributed by atoms with E-state index in [0.29, 0.717) is 31.3 Å². The number of carbonyl (C=O) groups is 1. The first kappa shape index (κ1) is 25.7. The van der Waals surface area contributed by atoms with E-state index >= 15 is 0 Å². The second-order valence-corrected chi connectivity index (χ2v) is 8.26. The third kappa shape index (κ3) is 8.52. The van der Waals surface area contributed by atoms with Gasteiger partial charge in [-0.25, -0.2) is 0 Å². The number of nitrogens with zero attached hydrogens (tertiary/aromatic N) is 4. The average Bonchev–Trinajstić information content (AvgIpc) is 3.03. The van der Waals surface area contributed by atoms with Gasteiger partial charge in [-0.15, -0.1) is 24.0 Å². The Morgan fingerprint density at radius 2 is 1.93 bits per heavy atom. The van der Waals surface area contributed by atoms with Crippen LogP contribution in [0.2, 0.25) is 0 Å². The summed E-state index contributed by atoms with van der Waals surface area (Å²) < 4.78 is 1.87. The van der Waals surface area contributed by atoms with Gasteiger partial charge in [-0.1, -0.05) is 33.1 Å². The number of halogens is 1. The van der Waals surface area contributed by atoms with Crippen LogP contribution < -0.4 is 10.6 Å². The first-order valence-corrected chi connectivity index (χ1v) is 10.6. The molecule has 1 aromatic heterocycles. The molecule has 1 fully saturated rings. The van der Waals surface area contributed by atoms with Gasteiger partial charge in [-0.05, 0) is 24.7 Å². The monoisotopic (exact) mass is 518 g/mol. The lowest BCUT2D eigenvalue weighted by Crippen LogP contribution is -2.42. The highest BCUT2D eigenvalue weighted by Crippen LogP contribution is 2.26. The van der Waals surface area contributed by atoms with E-state index in [2.05, 4.69) is 45.7 Å². The van der Waals surface area contributed by atoms with E-state index in [-0.39, 0.29) is 29.9 Å². The standard InChI is InChI=1S/C21H38N6O.HI/c1-16(2)20-18(15-27(5)25-20)14-26(4)21(22-3)24-12-11-23-19(28)13-17-9-7-6-8-10-17;/h15-17H,6-14H2,1-5H3,(H,22,24)(H,23,28);1H. The second kappa shape index (κ2) is 13.1. The molecule has 0 radical (unpaired) electrons. The minimum absolute atomic E-state index is 0. The Morgan fingerprint density at radius 1 is 1.28 bits per heavy atom. The van der Waals surface area contributed by atoms with E-state index in [9.17, 15) is 4.79 Å². The van der Waals surface area contributed by atoms with Gasteiger partial charge in [-0.3, -0.25) is 14.5 Å². The first-order chi connectivity index (χ1) is 13.4. The summed E-state index contributed by atoms with van der Waals surface area (Å²) in [6.07, 6.45) is 9.03. The van der Waals surface area contributed by atoms with Crippen molar-refractivity contribution in [2.75, 3.05) is 27.2 Å². The van der Waals surface area contributed by atoms with E-state index in [1.165, 1.54) is 37.7 Å². The molecule has 1 saturated carbocycles. The number of guanidine groups is 1. The third-order valence-electron chi connectivity index (χ3n) is 5.39. The van der Waals surface area contributed by atoms with Gasteiger partial charge in [0.25, 0.3) is 0 Å². The molecule has 0 saturated heterocycles. The van der Waals surface area contributed by atoms with Crippen molar-refractivity contribution in [1.82, 2.24) is 25.3 Å². The third-order valence-corrected chi connectivity index (χ3v) is 5.39. The molecule has 0 atom stereocenters. The van der Waals surface area contributed by atoms with Gasteiger partial charge in [0, 0.05) is 59.0 Å². The van der Waals surface area contributed by atoms with Crippen LogP contribution in [0.5, 0.6) is 0 Å². The molecule has 166 valence electrons. The van der Waals surface area contributed by atoms with Crippen LogP contribution in [0.1, 0.15) is 69.5 Å². The molecule has 1 aliphatic rings. The van der Waals surface area contributed by atoms with Crippen LogP contribution in [0.25, 0.3) is 0 Å². The lowest BCUT2D eigenvalue weighted by atomic mass is 9.87. The maximum absolute atomic E-state index is 12.1. The van der Waals surface area contributed by atoms with Crippen molar-refractivity contribution in [3.05, 3.63) is 17.5 Å². The molecule has 7 nitrogen and oxygen atoms in total. The Hall–Kier alpha value is -1.32. The van der Waals surface area contributed by atoms with E-state index in [4.69, 9.17) is 0 Å². The molecule has 8 heteroatoms. The van der Waals surface area contributed by atoms with Crippen LogP contribution in [0.3, 0.4) is 0 Å². The highest BCUT2D eigenvalue weighted by Gasteiger charge is 2.17. The van der Waals surface area contributed by atoms with Gasteiger partial charge < -0.3 is 15.5 Å². The van der Waals surface area contributed by atoms with Crippen molar-refractivity contribution >= 4 is 35.8 Å². The Balaban J connectivity index is 0.00000420. The summed E-state index contributed by atoms with van der Waals surface area (Å²) in [5.74, 6) is 1.96. The van der Waals surface area contributed by atoms with Crippen LogP contribution in [-0.4, -0.2) is 53.7 Å². The topological polar surface area (TPSA) is 74.6 Å². The maximum atomic E-state index is 12.1. The zero-order valence-corrected chi connectivity index (χ0v) is 21.0. The van der Waals surface area contributed by atoms with Crippen molar-refractivity contribution < 1.29 is 4.79 Å². The molecule has 2 rings (SSSR count). The fourth-order valence-corrected chi connectivity index (χ4v) is 3.98. The fraction of sp³-hybridized carbons (Fsp3) is 0.762. The first-order valence-electron chi connectivity index (χ1n) is 10.6. The van der Waals surface area contributed by atoms with Crippen molar-refractivity contribution in [3.63, 3.8) is 0 Å². The van der Waals surface area contributed by atoms with Crippen LogP contribution in [0.4, 0.5) is 0 Å². The van der Waals surface area contributed by atoms with Crippen molar-refractivity contribution in [3.8, 4) is 0 Å². The molecule has 1 amide bonds. The Labute approximate surface area is 193 Å². The number of aromatic nitrogens is 2. The molecule has 0 unspecified atom stereocenters. The summed E-state index contributed by atoms with van der Waals surface area (Å²) in [5.41, 5.74) is 2.34. The van der Waals surface area contributed by atoms with E-state index in [0.717, 1.165) is 18.2 Å². The zero-order valence-electron chi connectivity index (χ0n) is 18.7. The SMILES string of the molecule is CN=C(NCCNC(=O)CC1CCCCC1)N(C)Cc1cn(C)nc1C(C)C.I. The van der Waals surface area contributed by atoms with Crippen LogP contribution in [-0.2, 0) is 18.4 Å². The summed E-state index contributed by atoms with van der Waals surface area (Å²) in [6, 6.07) is 0. The molecule has 2 N–H and O–H groups in total. The number of hydrogen-bond donors (Lipinski definition) is 2. The molecule has 0 spiro atoms. The van der Waals surface area contributed by atoms with E-state index in [1.54, 1.807) is 7.05 Å². The molecule has 0 bridgehead atoms. The quantitative estimate of drug-likeness (QED) is 0.240. The Morgan fingerprint density at radius 3 is 2.55 bits per heavy atom. The van der Waals surface area contributed by atoms with Gasteiger partial charge in [0.2, 0.25) is 5.91 Å². The summed E-state index contributed by atoms with van der Waals surface area (Å²) in [7, 11) is 5.76.